The van der Waals surface area contributed by atoms with Crippen LogP contribution in [0, 0.1) is 0 Å². The Balaban J connectivity index is 3.72. The van der Waals surface area contributed by atoms with Gasteiger partial charge in [0, 0.05) is 0 Å². The predicted molar refractivity (Wildman–Crippen MR) is 62.1 cm³/mol. The molecule has 0 aromatic carbocycles. The molecule has 0 heterocycles. The Hall–Kier alpha value is -1.01. The molecule has 0 saturated heterocycles. The van der Waals surface area contributed by atoms with Gasteiger partial charge in [0.1, 0.15) is 0 Å². The monoisotopic (exact) mass is 306 g/mol. The Labute approximate surface area is 121 Å². The molecule has 0 amide bonds. The number of Topliss-reactive ketones (excluding diaryl/α,β-unsaturated/α-hetero) is 2. The van der Waals surface area contributed by atoms with Crippen molar-refractivity contribution in [2.75, 3.05) is 13.2 Å². The van der Waals surface area contributed by atoms with E-state index in [1.807, 2.05) is 0 Å². The molecule has 19 heavy (non-hydrogen) atoms. The quantitative estimate of drug-likeness (QED) is 0.339. The number of carbonyl (C=O) groups is 4. The van der Waals surface area contributed by atoms with E-state index in [0.717, 1.165) is 0 Å². The van der Waals surface area contributed by atoms with Crippen LogP contribution < -0.4 is 0 Å². The van der Waals surface area contributed by atoms with Crippen molar-refractivity contribution in [3.8, 4) is 0 Å². The topological polar surface area (TPSA) is 86.7 Å². The minimum atomic E-state index is -0.788. The fourth-order valence-corrected chi connectivity index (χ4v) is 2.67. The van der Waals surface area contributed by atoms with Gasteiger partial charge in [-0.25, -0.2) is 0 Å². The molecule has 0 aromatic rings. The van der Waals surface area contributed by atoms with Crippen LogP contribution in [-0.4, -0.2) is 36.7 Å². The first-order valence-corrected chi connectivity index (χ1v) is 8.25. The standard InChI is InChI=1S/2C6H9O3.Ti/c2*1-3-9-6(8)4-5(2)7;/h2*2-4H2,1H3;. The molecule has 0 rings (SSSR count). The van der Waals surface area contributed by atoms with E-state index in [4.69, 9.17) is 0 Å². The van der Waals surface area contributed by atoms with Crippen LogP contribution in [-0.2, 0) is 47.8 Å². The molecule has 0 aromatic heterocycles. The van der Waals surface area contributed by atoms with Crippen LogP contribution >= 0.6 is 0 Å². The first-order valence-electron chi connectivity index (χ1n) is 6.04. The second kappa shape index (κ2) is 10.9. The molecule has 0 aliphatic rings. The number of hydrogen-bond acceptors (Lipinski definition) is 6. The summed E-state index contributed by atoms with van der Waals surface area (Å²) in [5, 5.41) is 0. The summed E-state index contributed by atoms with van der Waals surface area (Å²) in [5.41, 5.74) is 0. The second-order valence-electron chi connectivity index (χ2n) is 3.64. The zero-order valence-electron chi connectivity index (χ0n) is 11.2. The SMILES string of the molecule is CCOC(=O)CC(=O)[CH2][Ti][CH2]C(=O)CC(=O)OCC. The number of rotatable bonds is 10. The first kappa shape index (κ1) is 18.0. The van der Waals surface area contributed by atoms with Gasteiger partial charge in [-0.2, -0.15) is 0 Å². The molecule has 0 fully saturated rings. The van der Waals surface area contributed by atoms with Gasteiger partial charge in [0.05, 0.1) is 0 Å². The summed E-state index contributed by atoms with van der Waals surface area (Å²) < 4.78 is 9.81. The maximum absolute atomic E-state index is 11.4. The normalized spacial score (nSPS) is 9.58. The van der Waals surface area contributed by atoms with Crippen LogP contribution in [0.4, 0.5) is 0 Å². The summed E-state index contributed by atoms with van der Waals surface area (Å²) in [6.45, 7) is 3.84. The zero-order valence-corrected chi connectivity index (χ0v) is 12.8. The summed E-state index contributed by atoms with van der Waals surface area (Å²) in [5.74, 6) is -1.47. The summed E-state index contributed by atoms with van der Waals surface area (Å²) in [7, 11) is 0. The van der Waals surface area contributed by atoms with Crippen molar-refractivity contribution in [2.45, 2.75) is 36.1 Å². The molecule has 0 radical (unpaired) electrons. The molecule has 0 atom stereocenters. The predicted octanol–water partition coefficient (Wildman–Crippen LogP) is 0.950. The van der Waals surface area contributed by atoms with Crippen molar-refractivity contribution in [3.63, 3.8) is 0 Å². The van der Waals surface area contributed by atoms with E-state index < -0.39 is 31.1 Å². The Bertz CT molecular complexity index is 307. The van der Waals surface area contributed by atoms with E-state index in [2.05, 4.69) is 9.47 Å². The van der Waals surface area contributed by atoms with E-state index in [1.54, 1.807) is 13.8 Å². The molecule has 0 aliphatic carbocycles. The third kappa shape index (κ3) is 10.6. The van der Waals surface area contributed by atoms with E-state index >= 15 is 0 Å². The third-order valence-electron chi connectivity index (χ3n) is 1.94. The molecular weight excluding hydrogens is 288 g/mol. The molecule has 7 heteroatoms. The fraction of sp³-hybridized carbons (Fsp3) is 0.667. The molecule has 0 unspecified atom stereocenters. The molecule has 6 nitrogen and oxygen atoms in total. The second-order valence-corrected chi connectivity index (χ2v) is 5.53. The van der Waals surface area contributed by atoms with Crippen LogP contribution in [0.15, 0.2) is 0 Å². The number of ether oxygens (including phenoxy) is 2. The van der Waals surface area contributed by atoms with Gasteiger partial charge in [0.25, 0.3) is 0 Å². The summed E-state index contributed by atoms with van der Waals surface area (Å²) >= 11 is -0.788. The maximum atomic E-state index is 11.4. The van der Waals surface area contributed by atoms with Gasteiger partial charge in [0.15, 0.2) is 0 Å². The minimum absolute atomic E-state index is 0.206. The van der Waals surface area contributed by atoms with Gasteiger partial charge in [-0.15, -0.1) is 0 Å². The third-order valence-corrected chi connectivity index (χ3v) is 3.95. The molecular formula is C12H18O6Ti. The number of esters is 2. The van der Waals surface area contributed by atoms with E-state index in [-0.39, 0.29) is 47.1 Å². The number of ketones is 2. The van der Waals surface area contributed by atoms with E-state index in [0.29, 0.717) is 0 Å². The van der Waals surface area contributed by atoms with Gasteiger partial charge >= 0.3 is 121 Å². The van der Waals surface area contributed by atoms with Gasteiger partial charge < -0.3 is 0 Å². The van der Waals surface area contributed by atoms with Crippen LogP contribution in [0.2, 0.25) is 9.45 Å². The summed E-state index contributed by atoms with van der Waals surface area (Å²) in [6.07, 6.45) is -0.465. The van der Waals surface area contributed by atoms with Crippen molar-refractivity contribution in [1.82, 2.24) is 0 Å². The molecule has 0 saturated carbocycles. The summed E-state index contributed by atoms with van der Waals surface area (Å²) in [4.78, 5) is 44.7. The fourth-order valence-electron chi connectivity index (χ4n) is 1.21. The van der Waals surface area contributed by atoms with Crippen molar-refractivity contribution in [1.29, 1.82) is 0 Å². The van der Waals surface area contributed by atoms with E-state index in [9.17, 15) is 19.2 Å². The Kier molecular flexibility index (Phi) is 10.3. The van der Waals surface area contributed by atoms with Gasteiger partial charge in [-0.3, -0.25) is 0 Å². The van der Waals surface area contributed by atoms with Crippen molar-refractivity contribution < 1.29 is 47.8 Å². The molecule has 0 N–H and O–H groups in total. The van der Waals surface area contributed by atoms with Crippen molar-refractivity contribution in [3.05, 3.63) is 0 Å². The van der Waals surface area contributed by atoms with E-state index in [1.165, 1.54) is 0 Å². The number of carbonyl (C=O) groups excluding carboxylic acids is 4. The summed E-state index contributed by atoms with van der Waals surface area (Å²) in [6, 6.07) is 0. The Morgan fingerprint density at radius 3 is 1.47 bits per heavy atom. The molecule has 0 aliphatic heterocycles. The Morgan fingerprint density at radius 2 is 1.16 bits per heavy atom. The average Bonchev–Trinajstić information content (AvgIpc) is 2.28. The van der Waals surface area contributed by atoms with Crippen molar-refractivity contribution in [2.24, 2.45) is 0 Å². The molecule has 0 bridgehead atoms. The van der Waals surface area contributed by atoms with Gasteiger partial charge in [-0.1, -0.05) is 0 Å². The zero-order chi connectivity index (χ0) is 14.7. The van der Waals surface area contributed by atoms with Crippen LogP contribution in [0.5, 0.6) is 0 Å². The number of hydrogen-bond donors (Lipinski definition) is 0. The first-order chi connectivity index (χ1) is 8.99. The molecule has 0 spiro atoms. The van der Waals surface area contributed by atoms with Gasteiger partial charge in [-0.05, 0) is 0 Å². The molecule has 106 valence electrons. The van der Waals surface area contributed by atoms with Crippen LogP contribution in [0.1, 0.15) is 26.7 Å². The van der Waals surface area contributed by atoms with Gasteiger partial charge in [0.2, 0.25) is 0 Å². The Morgan fingerprint density at radius 1 is 0.789 bits per heavy atom. The average molecular weight is 306 g/mol. The van der Waals surface area contributed by atoms with Crippen LogP contribution in [0.3, 0.4) is 0 Å². The van der Waals surface area contributed by atoms with Crippen molar-refractivity contribution >= 4 is 23.5 Å². The van der Waals surface area contributed by atoms with Crippen LogP contribution in [0.25, 0.3) is 0 Å².